The highest BCUT2D eigenvalue weighted by atomic mass is 32.1. The number of amides is 1. The number of carbonyl (C=O) groups is 2. The summed E-state index contributed by atoms with van der Waals surface area (Å²) >= 11 is 0.868. The van der Waals surface area contributed by atoms with Crippen molar-refractivity contribution in [1.82, 2.24) is 9.69 Å². The molecule has 1 amide bonds. The minimum atomic E-state index is -1.14. The van der Waals surface area contributed by atoms with Crippen LogP contribution in [0.4, 0.5) is 0 Å². The SMILES string of the molecule is CNC(=O)c1sncc1C(=O)O. The molecule has 1 aromatic rings. The minimum absolute atomic E-state index is 0.0562. The first-order valence-corrected chi connectivity index (χ1v) is 3.84. The van der Waals surface area contributed by atoms with E-state index in [1.54, 1.807) is 0 Å². The number of hydrogen-bond acceptors (Lipinski definition) is 4. The topological polar surface area (TPSA) is 79.3 Å². The van der Waals surface area contributed by atoms with Crippen LogP contribution >= 0.6 is 11.5 Å². The first-order chi connectivity index (χ1) is 5.66. The van der Waals surface area contributed by atoms with Crippen molar-refractivity contribution in [3.8, 4) is 0 Å². The second-order valence-electron chi connectivity index (χ2n) is 1.95. The first kappa shape index (κ1) is 8.66. The Hall–Kier alpha value is -1.43. The third-order valence-corrected chi connectivity index (χ3v) is 2.03. The summed E-state index contributed by atoms with van der Waals surface area (Å²) in [5.74, 6) is -1.56. The Morgan fingerprint density at radius 3 is 2.83 bits per heavy atom. The minimum Gasteiger partial charge on any atom is -0.478 e. The number of rotatable bonds is 2. The van der Waals surface area contributed by atoms with Gasteiger partial charge in [-0.2, -0.15) is 4.37 Å². The number of carboxylic acid groups (broad SMARTS) is 1. The molecule has 1 heterocycles. The summed E-state index contributed by atoms with van der Waals surface area (Å²) in [6.07, 6.45) is 1.16. The molecule has 0 fully saturated rings. The summed E-state index contributed by atoms with van der Waals surface area (Å²) in [5, 5.41) is 10.9. The van der Waals surface area contributed by atoms with Gasteiger partial charge in [0, 0.05) is 7.05 Å². The van der Waals surface area contributed by atoms with Crippen LogP contribution in [0.3, 0.4) is 0 Å². The summed E-state index contributed by atoms with van der Waals surface area (Å²) in [6.45, 7) is 0. The van der Waals surface area contributed by atoms with Crippen molar-refractivity contribution in [1.29, 1.82) is 0 Å². The normalized spacial score (nSPS) is 9.42. The van der Waals surface area contributed by atoms with Crippen molar-refractivity contribution in [2.45, 2.75) is 0 Å². The molecule has 0 atom stereocenters. The molecule has 0 aliphatic rings. The van der Waals surface area contributed by atoms with E-state index >= 15 is 0 Å². The molecule has 0 aliphatic heterocycles. The van der Waals surface area contributed by atoms with E-state index in [9.17, 15) is 9.59 Å². The monoisotopic (exact) mass is 186 g/mol. The van der Waals surface area contributed by atoms with Crippen LogP contribution in [-0.2, 0) is 0 Å². The zero-order chi connectivity index (χ0) is 9.14. The molecule has 0 saturated heterocycles. The number of carbonyl (C=O) groups excluding carboxylic acids is 1. The number of carboxylic acids is 1. The fourth-order valence-electron chi connectivity index (χ4n) is 0.669. The largest absolute Gasteiger partial charge is 0.478 e. The van der Waals surface area contributed by atoms with E-state index in [-0.39, 0.29) is 10.4 Å². The second kappa shape index (κ2) is 3.31. The van der Waals surface area contributed by atoms with Gasteiger partial charge in [-0.05, 0) is 11.5 Å². The van der Waals surface area contributed by atoms with Crippen LogP contribution in [0.2, 0.25) is 0 Å². The number of nitrogens with one attached hydrogen (secondary N) is 1. The molecule has 5 nitrogen and oxygen atoms in total. The highest BCUT2D eigenvalue weighted by Crippen LogP contribution is 2.12. The Morgan fingerprint density at radius 2 is 2.33 bits per heavy atom. The van der Waals surface area contributed by atoms with Crippen LogP contribution in [0.5, 0.6) is 0 Å². The molecule has 12 heavy (non-hydrogen) atoms. The molecule has 1 aromatic heterocycles. The smallest absolute Gasteiger partial charge is 0.339 e. The lowest BCUT2D eigenvalue weighted by Gasteiger charge is -1.94. The lowest BCUT2D eigenvalue weighted by molar-refractivity contribution is 0.0692. The van der Waals surface area contributed by atoms with Crippen molar-refractivity contribution >= 4 is 23.4 Å². The average Bonchev–Trinajstić information content (AvgIpc) is 2.50. The zero-order valence-electron chi connectivity index (χ0n) is 6.20. The molecular weight excluding hydrogens is 180 g/mol. The number of nitrogens with zero attached hydrogens (tertiary/aromatic N) is 1. The zero-order valence-corrected chi connectivity index (χ0v) is 7.01. The van der Waals surface area contributed by atoms with Crippen LogP contribution in [-0.4, -0.2) is 28.4 Å². The molecule has 6 heteroatoms. The van der Waals surface area contributed by atoms with Crippen LogP contribution in [0, 0.1) is 0 Å². The van der Waals surface area contributed by atoms with Gasteiger partial charge in [-0.15, -0.1) is 0 Å². The maximum atomic E-state index is 11.0. The highest BCUT2D eigenvalue weighted by Gasteiger charge is 2.17. The lowest BCUT2D eigenvalue weighted by atomic mass is 10.3. The van der Waals surface area contributed by atoms with Gasteiger partial charge >= 0.3 is 5.97 Å². The summed E-state index contributed by atoms with van der Waals surface area (Å²) < 4.78 is 3.61. The van der Waals surface area contributed by atoms with Gasteiger partial charge in [0.15, 0.2) is 0 Å². The van der Waals surface area contributed by atoms with Gasteiger partial charge in [0.25, 0.3) is 5.91 Å². The van der Waals surface area contributed by atoms with E-state index < -0.39 is 11.9 Å². The average molecular weight is 186 g/mol. The number of aromatic carboxylic acids is 1. The summed E-state index contributed by atoms with van der Waals surface area (Å²) in [5.41, 5.74) is -0.0562. The van der Waals surface area contributed by atoms with Crippen LogP contribution in [0.1, 0.15) is 20.0 Å². The maximum absolute atomic E-state index is 11.0. The Bertz CT molecular complexity index is 320. The van der Waals surface area contributed by atoms with Crippen molar-refractivity contribution in [3.63, 3.8) is 0 Å². The van der Waals surface area contributed by atoms with Crippen LogP contribution in [0.15, 0.2) is 6.20 Å². The Labute approximate surface area is 72.2 Å². The molecule has 0 aromatic carbocycles. The molecule has 2 N–H and O–H groups in total. The van der Waals surface area contributed by atoms with Gasteiger partial charge in [0.05, 0.1) is 6.20 Å². The van der Waals surface area contributed by atoms with E-state index in [1.807, 2.05) is 0 Å². The van der Waals surface area contributed by atoms with Crippen molar-refractivity contribution < 1.29 is 14.7 Å². The van der Waals surface area contributed by atoms with Crippen molar-refractivity contribution in [2.75, 3.05) is 7.05 Å². The van der Waals surface area contributed by atoms with E-state index in [0.29, 0.717) is 0 Å². The van der Waals surface area contributed by atoms with Gasteiger partial charge in [0.1, 0.15) is 10.4 Å². The quantitative estimate of drug-likeness (QED) is 0.691. The van der Waals surface area contributed by atoms with Gasteiger partial charge in [0.2, 0.25) is 0 Å². The fourth-order valence-corrected chi connectivity index (χ4v) is 1.36. The Balaban J connectivity index is 3.07. The molecule has 1 rings (SSSR count). The molecule has 0 unspecified atom stereocenters. The van der Waals surface area contributed by atoms with Crippen LogP contribution in [0.25, 0.3) is 0 Å². The van der Waals surface area contributed by atoms with E-state index in [2.05, 4.69) is 9.69 Å². The number of hydrogen-bond donors (Lipinski definition) is 2. The molecule has 0 aliphatic carbocycles. The van der Waals surface area contributed by atoms with Gasteiger partial charge < -0.3 is 10.4 Å². The number of aromatic nitrogens is 1. The molecule has 0 radical (unpaired) electrons. The third kappa shape index (κ3) is 1.42. The first-order valence-electron chi connectivity index (χ1n) is 3.07. The Morgan fingerprint density at radius 1 is 1.67 bits per heavy atom. The standard InChI is InChI=1S/C6H6N2O3S/c1-7-5(9)4-3(6(10)11)2-8-12-4/h2H,1H3,(H,7,9)(H,10,11). The lowest BCUT2D eigenvalue weighted by Crippen LogP contribution is -2.18. The van der Waals surface area contributed by atoms with E-state index in [4.69, 9.17) is 5.11 Å². The summed E-state index contributed by atoms with van der Waals surface area (Å²) in [6, 6.07) is 0. The Kier molecular flexibility index (Phi) is 2.39. The van der Waals surface area contributed by atoms with Crippen molar-refractivity contribution in [3.05, 3.63) is 16.6 Å². The van der Waals surface area contributed by atoms with Gasteiger partial charge in [-0.25, -0.2) is 4.79 Å². The highest BCUT2D eigenvalue weighted by molar-refractivity contribution is 7.08. The summed E-state index contributed by atoms with van der Waals surface area (Å²) in [7, 11) is 1.44. The van der Waals surface area contributed by atoms with Crippen LogP contribution < -0.4 is 5.32 Å². The molecule has 0 saturated carbocycles. The van der Waals surface area contributed by atoms with E-state index in [1.165, 1.54) is 7.05 Å². The third-order valence-electron chi connectivity index (χ3n) is 1.23. The maximum Gasteiger partial charge on any atom is 0.339 e. The summed E-state index contributed by atoms with van der Waals surface area (Å²) in [4.78, 5) is 21.6. The second-order valence-corrected chi connectivity index (χ2v) is 2.75. The van der Waals surface area contributed by atoms with Gasteiger partial charge in [-0.3, -0.25) is 4.79 Å². The van der Waals surface area contributed by atoms with E-state index in [0.717, 1.165) is 17.7 Å². The predicted molar refractivity (Wildman–Crippen MR) is 42.5 cm³/mol. The predicted octanol–water partition coefficient (Wildman–Crippen LogP) is 0.201. The molecule has 64 valence electrons. The molecule has 0 bridgehead atoms. The van der Waals surface area contributed by atoms with Crippen molar-refractivity contribution in [2.24, 2.45) is 0 Å². The fraction of sp³-hybridized carbons (Fsp3) is 0.167. The molecular formula is C6H6N2O3S. The van der Waals surface area contributed by atoms with Gasteiger partial charge in [-0.1, -0.05) is 0 Å². The molecule has 0 spiro atoms.